The summed E-state index contributed by atoms with van der Waals surface area (Å²) in [6, 6.07) is 6.33. The summed E-state index contributed by atoms with van der Waals surface area (Å²) in [6.45, 7) is 34.6. The van der Waals surface area contributed by atoms with E-state index >= 15 is 0 Å². The summed E-state index contributed by atoms with van der Waals surface area (Å²) in [5.41, 5.74) is -2.29. The molecule has 2 aromatic heterocycles. The molecule has 30 nitrogen and oxygen atoms in total. The van der Waals surface area contributed by atoms with Gasteiger partial charge in [-0.2, -0.15) is 0 Å². The van der Waals surface area contributed by atoms with E-state index < -0.39 is 152 Å². The molecule has 678 valence electrons. The minimum absolute atomic E-state index is 0.0173. The first-order chi connectivity index (χ1) is 59.9. The van der Waals surface area contributed by atoms with Gasteiger partial charge in [0.15, 0.2) is 44.9 Å². The fourth-order valence-corrected chi connectivity index (χ4v) is 18.3. The number of benzene rings is 6. The summed E-state index contributed by atoms with van der Waals surface area (Å²) in [5.74, 6) is -12.8. The number of aliphatic hydroxyl groups is 6. The smallest absolute Gasteiger partial charge is 0.307 e. The van der Waals surface area contributed by atoms with Crippen LogP contribution in [0.2, 0.25) is 0 Å². The van der Waals surface area contributed by atoms with Crippen molar-refractivity contribution >= 4 is 124 Å². The molecule has 16 rings (SSSR count). The maximum Gasteiger partial charge on any atom is 0.307 e. The molecule has 10 N–H and O–H groups in total. The van der Waals surface area contributed by atoms with Crippen LogP contribution >= 0.6 is 0 Å². The second-order valence-corrected chi connectivity index (χ2v) is 36.1. The highest BCUT2D eigenvalue weighted by Crippen LogP contribution is 2.46. The summed E-state index contributed by atoms with van der Waals surface area (Å²) in [6.07, 6.45) is 14.6. The number of nitrogens with zero attached hydrogens (tertiary/aromatic N) is 4. The molecular weight excluding hydrogens is 1630 g/mol. The van der Waals surface area contributed by atoms with Crippen molar-refractivity contribution < 1.29 is 97.3 Å². The van der Waals surface area contributed by atoms with Crippen LogP contribution in [0.1, 0.15) is 161 Å². The summed E-state index contributed by atoms with van der Waals surface area (Å²) in [7, 11) is 0. The minimum Gasteiger partial charge on any atom is -0.507 e. The van der Waals surface area contributed by atoms with Gasteiger partial charge in [-0.25, -0.2) is 9.97 Å². The third-order valence-electron chi connectivity index (χ3n) is 27.0. The van der Waals surface area contributed by atoms with Crippen molar-refractivity contribution in [1.82, 2.24) is 9.97 Å². The first-order valence-electron chi connectivity index (χ1n) is 43.6. The van der Waals surface area contributed by atoms with Gasteiger partial charge in [0.2, 0.25) is 21.7 Å². The number of aromatic nitrogens is 2. The Morgan fingerprint density at radius 3 is 1.20 bits per heavy atom. The number of phenolic OH excluding ortho intramolecular Hbond substituents is 2. The molecule has 10 heterocycles. The van der Waals surface area contributed by atoms with Crippen LogP contribution in [0.5, 0.6) is 23.0 Å². The van der Waals surface area contributed by atoms with E-state index in [2.05, 4.69) is 27.4 Å². The van der Waals surface area contributed by atoms with Crippen LogP contribution in [0.25, 0.3) is 77.5 Å². The number of rotatable bonds is 4. The number of fused-ring (bicyclic) bond motifs is 28. The normalized spacial score (nSPS) is 30.5. The molecule has 0 radical (unpaired) electrons. The Labute approximate surface area is 733 Å². The lowest BCUT2D eigenvalue weighted by atomic mass is 9.77. The third-order valence-corrected chi connectivity index (χ3v) is 27.0. The van der Waals surface area contributed by atoms with Crippen LogP contribution < -0.4 is 62.1 Å². The molecule has 8 aliphatic rings. The number of carbonyl (C=O) groups excluding carboxylic acids is 4. The van der Waals surface area contributed by atoms with E-state index in [0.29, 0.717) is 17.3 Å². The molecule has 8 aliphatic heterocycles. The quantitative estimate of drug-likeness (QED) is 0.0444. The van der Waals surface area contributed by atoms with Gasteiger partial charge in [-0.3, -0.25) is 38.4 Å². The number of hydrogen-bond donors (Lipinski definition) is 10. The van der Waals surface area contributed by atoms with Gasteiger partial charge in [0, 0.05) is 158 Å². The number of hydrogen-bond acceptors (Lipinski definition) is 28. The van der Waals surface area contributed by atoms with Gasteiger partial charge in [0.05, 0.1) is 58.1 Å². The predicted octanol–water partition coefficient (Wildman–Crippen LogP) is 12.6. The molecule has 10 bridgehead atoms. The van der Waals surface area contributed by atoms with E-state index in [4.69, 9.17) is 47.2 Å². The monoisotopic (exact) mass is 1750 g/mol. The largest absolute Gasteiger partial charge is 0.507 e. The molecule has 30 heteroatoms. The average molecular weight is 1750 g/mol. The highest BCUT2D eigenvalue weighted by molar-refractivity contribution is 6.18. The van der Waals surface area contributed by atoms with Crippen molar-refractivity contribution in [2.45, 2.75) is 212 Å². The van der Waals surface area contributed by atoms with Crippen molar-refractivity contribution in [3.8, 4) is 23.0 Å². The SMILES string of the molecule is CC(=O)O[C@H]1[C@H](C)[C@H](O)[C@H](C)[C@@H](O)[C@@H](C)/C=C/C=C(/C)C(=O)Nc2c(=O)c3c(O)c(C)c4c(c3c3nc5c(=O)cc(N6CCC(C)CC6)cc5oc23)=C(O)[C@@](C)(O/C=C/[C@H](C)[C@H]1C)O4.CC(=O)O[C@H]1[C@H](C)[C@H](O)[C@H](C)[C@@H](O)[C@@H](C)/C=C/C=C(/C)C(=O)Nc2c(=O)c3c(O)c(C)c4c(c3c3nc5c(=O)cc(N6CCCCC6)cc5oc23)=C(O)[C@@](C)(O/C=C/[C@H](C)[C@H]1C)O4. The standard InChI is InChI=1S/C49H59N3O12.C48H57N3O12/c1-22-14-17-52(18-15-22)31-20-32(54)37-33(21-31)63-46-38(50-37)34-35-42(57)29(8)45-36(34)47(59)49(10,64-45)61-19-16-23(2)26(5)44(62-30(9)53)28(7)41(56)27(6)40(55)24(3)12-11-13-25(4)48(60)51-39(46)43(35)58;1-22-16-19-60-48(9)46(58)35-33-34(41(56)28(7)44(35)63-48)42(57)38(45-37(33)49-36-31(53)20-30(21-32(36)62-45)51-17-11-10-12-18-51)50-47(59)24(3)15-13-14-23(2)39(54)26(5)40(55)27(6)43(25(22)4)61-29(8)52/h11-13,16,19-24,26-28,40-41,44,55-57,59H,14-15,17-18H2,1-10H3,(H,51,60);13-16,19-23,25-27,39-40,43,54-56,58H,10-12,17-18H2,1-9H3,(H,50,59)/b12-11+,19-16+,25-13-;14-13+,19-16+,24-15-/t23-,24-,26+,27+,28+,40-,41+,44+,49-;22-,23-,25+,26+,27+,39-,40+,43+,48-/m00/s1. The molecule has 0 saturated carbocycles. The van der Waals surface area contributed by atoms with Crippen molar-refractivity contribution in [1.29, 1.82) is 0 Å². The lowest BCUT2D eigenvalue weighted by Crippen LogP contribution is -2.45. The van der Waals surface area contributed by atoms with Crippen LogP contribution in [-0.4, -0.2) is 149 Å². The molecule has 2 amide bonds. The molecule has 6 aromatic carbocycles. The fraction of sp³-hybridized carbons (Fsp3) is 0.485. The number of phenols is 2. The van der Waals surface area contributed by atoms with Gasteiger partial charge < -0.3 is 98.5 Å². The molecule has 127 heavy (non-hydrogen) atoms. The van der Waals surface area contributed by atoms with E-state index in [9.17, 15) is 79.2 Å². The lowest BCUT2D eigenvalue weighted by molar-refractivity contribution is -0.159. The molecule has 8 aromatic rings. The molecule has 18 atom stereocenters. The second-order valence-electron chi connectivity index (χ2n) is 36.1. The van der Waals surface area contributed by atoms with Crippen LogP contribution in [0.4, 0.5) is 22.7 Å². The molecule has 2 fully saturated rings. The van der Waals surface area contributed by atoms with Crippen LogP contribution in [-0.2, 0) is 38.1 Å². The Bertz CT molecular complexity index is 6330. The molecule has 2 saturated heterocycles. The zero-order valence-electron chi connectivity index (χ0n) is 75.2. The fourth-order valence-electron chi connectivity index (χ4n) is 18.3. The van der Waals surface area contributed by atoms with Crippen LogP contribution in [0.3, 0.4) is 0 Å². The number of amides is 2. The average Bonchev–Trinajstić information content (AvgIpc) is 1.58. The lowest BCUT2D eigenvalue weighted by Gasteiger charge is -2.37. The van der Waals surface area contributed by atoms with Crippen LogP contribution in [0, 0.1) is 78.9 Å². The maximum atomic E-state index is 14.8. The highest BCUT2D eigenvalue weighted by atomic mass is 16.7. The van der Waals surface area contributed by atoms with Gasteiger partial charge in [-0.05, 0) is 102 Å². The predicted molar refractivity (Wildman–Crippen MR) is 483 cm³/mol. The maximum absolute atomic E-state index is 14.8. The zero-order valence-corrected chi connectivity index (χ0v) is 75.2. The number of carbonyl (C=O) groups is 4. The summed E-state index contributed by atoms with van der Waals surface area (Å²) in [4.78, 5) is 124. The van der Waals surface area contributed by atoms with Gasteiger partial charge in [0.1, 0.15) is 57.6 Å². The van der Waals surface area contributed by atoms with E-state index in [1.54, 1.807) is 90.1 Å². The Hall–Kier alpha value is -11.9. The number of aromatic hydroxyl groups is 2. The van der Waals surface area contributed by atoms with Crippen molar-refractivity contribution in [3.05, 3.63) is 159 Å². The first kappa shape index (κ1) is 92.8. The zero-order chi connectivity index (χ0) is 92.5. The number of piperidine rings is 2. The molecular formula is C97H116N6O24. The molecule has 0 aliphatic carbocycles. The Morgan fingerprint density at radius 1 is 0.465 bits per heavy atom. The van der Waals surface area contributed by atoms with Gasteiger partial charge in [0.25, 0.3) is 11.8 Å². The number of allylic oxidation sites excluding steroid dienone is 6. The van der Waals surface area contributed by atoms with Crippen molar-refractivity contribution in [2.24, 2.45) is 65.1 Å². The number of ether oxygens (including phenoxy) is 6. The summed E-state index contributed by atoms with van der Waals surface area (Å²) in [5, 5.41) is 98.3. The Kier molecular flexibility index (Phi) is 26.7. The van der Waals surface area contributed by atoms with E-state index in [-0.39, 0.29) is 145 Å². The van der Waals surface area contributed by atoms with Gasteiger partial charge in [-0.15, -0.1) is 0 Å². The van der Waals surface area contributed by atoms with Crippen molar-refractivity contribution in [2.75, 3.05) is 46.6 Å². The number of nitrogens with one attached hydrogen (secondary N) is 2. The molecule has 0 unspecified atom stereocenters. The molecule has 0 spiro atoms. The minimum atomic E-state index is -1.92. The van der Waals surface area contributed by atoms with E-state index in [1.807, 2.05) is 27.7 Å². The van der Waals surface area contributed by atoms with Gasteiger partial charge in [-0.1, -0.05) is 113 Å². The summed E-state index contributed by atoms with van der Waals surface area (Å²) < 4.78 is 49.3. The third kappa shape index (κ3) is 17.5. The van der Waals surface area contributed by atoms with E-state index in [0.717, 1.165) is 58.3 Å². The highest BCUT2D eigenvalue weighted by Gasteiger charge is 2.47. The van der Waals surface area contributed by atoms with Crippen LogP contribution in [0.15, 0.2) is 125 Å². The number of anilines is 4. The number of esters is 2. The second kappa shape index (κ2) is 36.5. The van der Waals surface area contributed by atoms with Gasteiger partial charge >= 0.3 is 23.5 Å². The van der Waals surface area contributed by atoms with E-state index in [1.165, 1.54) is 92.2 Å². The topological polar surface area (TPSA) is 436 Å². The Morgan fingerprint density at radius 2 is 0.835 bits per heavy atom. The first-order valence-corrected chi connectivity index (χ1v) is 43.6. The summed E-state index contributed by atoms with van der Waals surface area (Å²) >= 11 is 0. The van der Waals surface area contributed by atoms with Crippen molar-refractivity contribution in [3.63, 3.8) is 0 Å². The Balaban J connectivity index is 0.000000217. The number of aliphatic hydroxyl groups excluding tert-OH is 6.